The predicted molar refractivity (Wildman–Crippen MR) is 78.4 cm³/mol. The fraction of sp³-hybridized carbons (Fsp3) is 0.125. The highest BCUT2D eigenvalue weighted by Crippen LogP contribution is 2.28. The largest absolute Gasteiger partial charge is 0.417 e. The predicted octanol–water partition coefficient (Wildman–Crippen LogP) is 3.10. The van der Waals surface area contributed by atoms with E-state index in [9.17, 15) is 18.0 Å². The second-order valence-electron chi connectivity index (χ2n) is 4.97. The highest BCUT2D eigenvalue weighted by atomic mass is 19.4. The first-order valence-corrected chi connectivity index (χ1v) is 6.81. The van der Waals surface area contributed by atoms with Crippen LogP contribution in [0.2, 0.25) is 0 Å². The molecule has 0 aliphatic heterocycles. The van der Waals surface area contributed by atoms with Crippen LogP contribution in [0.3, 0.4) is 0 Å². The minimum absolute atomic E-state index is 0.0252. The zero-order valence-corrected chi connectivity index (χ0v) is 11.9. The average molecular weight is 319 g/mol. The first-order valence-electron chi connectivity index (χ1n) is 6.81. The van der Waals surface area contributed by atoms with Crippen molar-refractivity contribution >= 4 is 0 Å². The lowest BCUT2D eigenvalue weighted by Gasteiger charge is -2.09. The van der Waals surface area contributed by atoms with Crippen molar-refractivity contribution in [3.8, 4) is 5.69 Å². The Bertz CT molecular complexity index is 866. The molecule has 3 aromatic rings. The van der Waals surface area contributed by atoms with Crippen LogP contribution >= 0.6 is 0 Å². The number of alkyl halides is 3. The molecule has 0 amide bonds. The highest BCUT2D eigenvalue weighted by molar-refractivity contribution is 5.30. The summed E-state index contributed by atoms with van der Waals surface area (Å²) in [6.07, 6.45) is -1.98. The van der Waals surface area contributed by atoms with Gasteiger partial charge in [-0.15, -0.1) is 0 Å². The Labute approximate surface area is 129 Å². The molecule has 0 aliphatic rings. The molecule has 1 aromatic carbocycles. The van der Waals surface area contributed by atoms with Gasteiger partial charge >= 0.3 is 6.18 Å². The lowest BCUT2D eigenvalue weighted by Crippen LogP contribution is -2.22. The fourth-order valence-corrected chi connectivity index (χ4v) is 2.17. The third-order valence-corrected chi connectivity index (χ3v) is 3.31. The summed E-state index contributed by atoms with van der Waals surface area (Å²) in [7, 11) is 0. The number of aromatic nitrogens is 3. The fourth-order valence-electron chi connectivity index (χ4n) is 2.17. The third kappa shape index (κ3) is 3.33. The van der Waals surface area contributed by atoms with Gasteiger partial charge in [-0.05, 0) is 24.3 Å². The number of benzene rings is 1. The van der Waals surface area contributed by atoms with Crippen LogP contribution in [0.4, 0.5) is 13.2 Å². The van der Waals surface area contributed by atoms with E-state index in [-0.39, 0.29) is 6.54 Å². The zero-order valence-electron chi connectivity index (χ0n) is 11.9. The minimum atomic E-state index is -4.49. The Morgan fingerprint density at radius 3 is 2.43 bits per heavy atom. The quantitative estimate of drug-likeness (QED) is 0.744. The number of rotatable bonds is 3. The molecule has 0 N–H and O–H groups in total. The Morgan fingerprint density at radius 1 is 1.00 bits per heavy atom. The lowest BCUT2D eigenvalue weighted by molar-refractivity contribution is -0.138. The molecule has 0 saturated heterocycles. The van der Waals surface area contributed by atoms with Gasteiger partial charge in [0.15, 0.2) is 0 Å². The Morgan fingerprint density at radius 2 is 1.74 bits per heavy atom. The SMILES string of the molecule is O=c1ccc(C(F)(F)F)cn1Cc1ccn(-c2ccccc2)n1. The van der Waals surface area contributed by atoms with Crippen LogP contribution in [0.25, 0.3) is 5.69 Å². The summed E-state index contributed by atoms with van der Waals surface area (Å²) in [6.45, 7) is -0.0252. The highest BCUT2D eigenvalue weighted by Gasteiger charge is 2.31. The normalized spacial score (nSPS) is 11.6. The molecular formula is C16H12F3N3O. The smallest absolute Gasteiger partial charge is 0.309 e. The molecule has 0 saturated carbocycles. The van der Waals surface area contributed by atoms with Crippen LogP contribution in [-0.4, -0.2) is 14.3 Å². The monoisotopic (exact) mass is 319 g/mol. The Balaban J connectivity index is 1.89. The van der Waals surface area contributed by atoms with Gasteiger partial charge in [0.25, 0.3) is 5.56 Å². The van der Waals surface area contributed by atoms with Crippen molar-refractivity contribution in [2.75, 3.05) is 0 Å². The van der Waals surface area contributed by atoms with E-state index in [0.29, 0.717) is 5.69 Å². The molecule has 0 spiro atoms. The van der Waals surface area contributed by atoms with E-state index in [1.54, 1.807) is 16.9 Å². The van der Waals surface area contributed by atoms with Crippen molar-refractivity contribution in [3.05, 3.63) is 82.5 Å². The first-order chi connectivity index (χ1) is 10.9. The standard InChI is InChI=1S/C16H12F3N3O/c17-16(18,19)12-6-7-15(23)21(10-12)11-13-8-9-22(20-13)14-4-2-1-3-5-14/h1-10H,11H2. The van der Waals surface area contributed by atoms with Crippen LogP contribution in [0, 0.1) is 0 Å². The van der Waals surface area contributed by atoms with Crippen molar-refractivity contribution in [3.63, 3.8) is 0 Å². The summed E-state index contributed by atoms with van der Waals surface area (Å²) in [5.74, 6) is 0. The van der Waals surface area contributed by atoms with Gasteiger partial charge in [0, 0.05) is 18.5 Å². The van der Waals surface area contributed by atoms with Crippen molar-refractivity contribution in [1.29, 1.82) is 0 Å². The molecule has 0 radical (unpaired) electrons. The maximum atomic E-state index is 12.7. The molecule has 0 unspecified atom stereocenters. The summed E-state index contributed by atoms with van der Waals surface area (Å²) in [5.41, 5.74) is -0.0442. The van der Waals surface area contributed by atoms with E-state index in [2.05, 4.69) is 5.10 Å². The second-order valence-corrected chi connectivity index (χ2v) is 4.97. The van der Waals surface area contributed by atoms with E-state index >= 15 is 0 Å². The third-order valence-electron chi connectivity index (χ3n) is 3.31. The average Bonchev–Trinajstić information content (AvgIpc) is 2.98. The summed E-state index contributed by atoms with van der Waals surface area (Å²) >= 11 is 0. The zero-order chi connectivity index (χ0) is 16.4. The van der Waals surface area contributed by atoms with Crippen LogP contribution < -0.4 is 5.56 Å². The second kappa shape index (κ2) is 5.75. The van der Waals surface area contributed by atoms with Gasteiger partial charge in [-0.2, -0.15) is 18.3 Å². The molecular weight excluding hydrogens is 307 g/mol. The van der Waals surface area contributed by atoms with Crippen molar-refractivity contribution in [2.24, 2.45) is 0 Å². The summed E-state index contributed by atoms with van der Waals surface area (Å²) < 4.78 is 40.8. The molecule has 2 aromatic heterocycles. The summed E-state index contributed by atoms with van der Waals surface area (Å²) in [4.78, 5) is 11.7. The number of pyridine rings is 1. The maximum absolute atomic E-state index is 12.7. The van der Waals surface area contributed by atoms with Crippen LogP contribution in [0.5, 0.6) is 0 Å². The van der Waals surface area contributed by atoms with Gasteiger partial charge in [-0.25, -0.2) is 4.68 Å². The van der Waals surface area contributed by atoms with Gasteiger partial charge in [0.2, 0.25) is 0 Å². The molecule has 0 aliphatic carbocycles. The molecule has 4 nitrogen and oxygen atoms in total. The molecule has 3 rings (SSSR count). The Hall–Kier alpha value is -2.83. The van der Waals surface area contributed by atoms with Gasteiger partial charge in [-0.3, -0.25) is 4.79 Å². The van der Waals surface area contributed by atoms with Crippen LogP contribution in [-0.2, 0) is 12.7 Å². The van der Waals surface area contributed by atoms with Gasteiger partial charge in [0.1, 0.15) is 0 Å². The number of hydrogen-bond donors (Lipinski definition) is 0. The first kappa shape index (κ1) is 15.1. The number of halogens is 3. The van der Waals surface area contributed by atoms with E-state index in [1.165, 1.54) is 0 Å². The number of hydrogen-bond acceptors (Lipinski definition) is 2. The molecule has 0 bridgehead atoms. The minimum Gasteiger partial charge on any atom is -0.309 e. The molecule has 0 fully saturated rings. The van der Waals surface area contributed by atoms with E-state index in [1.807, 2.05) is 30.3 Å². The van der Waals surface area contributed by atoms with Gasteiger partial charge in [0.05, 0.1) is 23.5 Å². The van der Waals surface area contributed by atoms with E-state index < -0.39 is 17.3 Å². The number of para-hydroxylation sites is 1. The van der Waals surface area contributed by atoms with Crippen molar-refractivity contribution in [2.45, 2.75) is 12.7 Å². The maximum Gasteiger partial charge on any atom is 0.417 e. The van der Waals surface area contributed by atoms with E-state index in [0.717, 1.165) is 28.6 Å². The molecule has 23 heavy (non-hydrogen) atoms. The Kier molecular flexibility index (Phi) is 3.77. The van der Waals surface area contributed by atoms with Crippen LogP contribution in [0.1, 0.15) is 11.3 Å². The lowest BCUT2D eigenvalue weighted by atomic mass is 10.2. The van der Waals surface area contributed by atoms with E-state index in [4.69, 9.17) is 0 Å². The number of nitrogens with zero attached hydrogens (tertiary/aromatic N) is 3. The molecule has 118 valence electrons. The van der Waals surface area contributed by atoms with Crippen molar-refractivity contribution in [1.82, 2.24) is 14.3 Å². The van der Waals surface area contributed by atoms with Crippen LogP contribution in [0.15, 0.2) is 65.7 Å². The molecule has 2 heterocycles. The summed E-state index contributed by atoms with van der Waals surface area (Å²) in [6, 6.07) is 12.6. The van der Waals surface area contributed by atoms with Gasteiger partial charge < -0.3 is 4.57 Å². The molecule has 0 atom stereocenters. The van der Waals surface area contributed by atoms with Crippen molar-refractivity contribution < 1.29 is 13.2 Å². The topological polar surface area (TPSA) is 39.8 Å². The van der Waals surface area contributed by atoms with Gasteiger partial charge in [-0.1, -0.05) is 18.2 Å². The summed E-state index contributed by atoms with van der Waals surface area (Å²) in [5, 5.41) is 4.28. The molecule has 7 heteroatoms.